The summed E-state index contributed by atoms with van der Waals surface area (Å²) >= 11 is 0. The number of alkyl halides is 3. The highest BCUT2D eigenvalue weighted by Crippen LogP contribution is 2.59. The summed E-state index contributed by atoms with van der Waals surface area (Å²) in [7, 11) is 3.76. The molecule has 60 heavy (non-hydrogen) atoms. The molecule has 11 rings (SSSR count). The van der Waals surface area contributed by atoms with E-state index >= 15 is 0 Å². The summed E-state index contributed by atoms with van der Waals surface area (Å²) in [5.41, 5.74) is 6.05. The van der Waals surface area contributed by atoms with Crippen molar-refractivity contribution in [1.82, 2.24) is 15.2 Å². The predicted molar refractivity (Wildman–Crippen MR) is 220 cm³/mol. The van der Waals surface area contributed by atoms with Crippen molar-refractivity contribution in [1.29, 1.82) is 0 Å². The summed E-state index contributed by atoms with van der Waals surface area (Å²) in [5.74, 6) is 0.143. The maximum absolute atomic E-state index is 14.0. The van der Waals surface area contributed by atoms with E-state index in [-0.39, 0.29) is 41.7 Å². The van der Waals surface area contributed by atoms with E-state index in [1.165, 1.54) is 18.6 Å². The van der Waals surface area contributed by atoms with E-state index in [0.29, 0.717) is 41.6 Å². The number of hydrogen-bond acceptors (Lipinski definition) is 7. The fourth-order valence-electron chi connectivity index (χ4n) is 12.6. The van der Waals surface area contributed by atoms with Gasteiger partial charge in [0.15, 0.2) is 0 Å². The van der Waals surface area contributed by atoms with Crippen LogP contribution in [-0.2, 0) is 15.8 Å². The average Bonchev–Trinajstić information content (AvgIpc) is 3.19. The first kappa shape index (κ1) is 42.2. The van der Waals surface area contributed by atoms with Crippen molar-refractivity contribution in [2.75, 3.05) is 27.2 Å². The molecule has 8 aliphatic carbocycles. The number of pyridine rings is 1. The van der Waals surface area contributed by atoms with Crippen LogP contribution in [-0.4, -0.2) is 76.3 Å². The Labute approximate surface area is 349 Å². The quantitative estimate of drug-likeness (QED) is 0.140. The molecule has 1 aromatic heterocycles. The lowest BCUT2D eigenvalue weighted by atomic mass is 9.48. The molecule has 8 saturated carbocycles. The summed E-state index contributed by atoms with van der Waals surface area (Å²) in [5, 5.41) is 22.8. The first-order chi connectivity index (χ1) is 28.5. The van der Waals surface area contributed by atoms with Crippen LogP contribution < -0.4 is 15.8 Å². The number of carboxylic acid groups (broad SMARTS) is 2. The SMILES string of the molecule is Cc1ccccc1-c1ccc(C(=O)NC2(C(=O)O)C3CC4CC(C3)CC2C4)nc1-c1ccc(C(F)(F)F)c(OCCCN(C)C)c1.NC1(C(=O)O)C2CC3CC(C2)CC1C3. The number of ether oxygens (including phenoxy) is 1. The molecule has 0 spiro atoms. The normalized spacial score (nSPS) is 32.1. The number of nitrogens with two attached hydrogens (primary N) is 1. The first-order valence-electron chi connectivity index (χ1n) is 21.6. The number of halogens is 3. The molecule has 322 valence electrons. The van der Waals surface area contributed by atoms with Gasteiger partial charge in [-0.2, -0.15) is 13.2 Å². The Bertz CT molecular complexity index is 2080. The minimum atomic E-state index is -4.63. The molecule has 8 fully saturated rings. The lowest BCUT2D eigenvalue weighted by Crippen LogP contribution is -2.70. The Hall–Kier alpha value is -4.49. The van der Waals surface area contributed by atoms with E-state index in [0.717, 1.165) is 86.8 Å². The summed E-state index contributed by atoms with van der Waals surface area (Å²) in [4.78, 5) is 44.8. The van der Waals surface area contributed by atoms with Crippen LogP contribution in [0.1, 0.15) is 92.2 Å². The van der Waals surface area contributed by atoms with Crippen LogP contribution in [0.2, 0.25) is 0 Å². The molecule has 13 heteroatoms. The maximum Gasteiger partial charge on any atom is 0.419 e. The van der Waals surface area contributed by atoms with Gasteiger partial charge in [0.1, 0.15) is 22.5 Å². The Morgan fingerprint density at radius 3 is 1.88 bits per heavy atom. The monoisotopic (exact) mass is 830 g/mol. The molecule has 10 nitrogen and oxygen atoms in total. The zero-order valence-corrected chi connectivity index (χ0v) is 34.6. The van der Waals surface area contributed by atoms with Gasteiger partial charge in [0.25, 0.3) is 5.91 Å². The topological polar surface area (TPSA) is 155 Å². The number of aryl methyl sites for hydroxylation is 1. The number of hydrogen-bond donors (Lipinski definition) is 4. The number of benzene rings is 2. The number of aliphatic carboxylic acids is 2. The van der Waals surface area contributed by atoms with Gasteiger partial charge in [0.2, 0.25) is 0 Å². The van der Waals surface area contributed by atoms with Crippen molar-refractivity contribution in [2.24, 2.45) is 53.1 Å². The van der Waals surface area contributed by atoms with E-state index in [1.54, 1.807) is 12.1 Å². The van der Waals surface area contributed by atoms with Gasteiger partial charge in [-0.15, -0.1) is 0 Å². The number of nitrogens with one attached hydrogen (secondary N) is 1. The van der Waals surface area contributed by atoms with Crippen molar-refractivity contribution < 1.29 is 42.5 Å². The third-order valence-electron chi connectivity index (χ3n) is 15.1. The molecular weight excluding hydrogens is 774 g/mol. The molecule has 5 N–H and O–H groups in total. The predicted octanol–water partition coefficient (Wildman–Crippen LogP) is 8.31. The highest BCUT2D eigenvalue weighted by Gasteiger charge is 2.62. The van der Waals surface area contributed by atoms with Crippen LogP contribution in [0.4, 0.5) is 13.2 Å². The van der Waals surface area contributed by atoms with Crippen molar-refractivity contribution in [3.8, 4) is 28.1 Å². The molecular formula is C47H57F3N4O6. The van der Waals surface area contributed by atoms with Crippen LogP contribution in [0.3, 0.4) is 0 Å². The van der Waals surface area contributed by atoms with Crippen LogP contribution >= 0.6 is 0 Å². The van der Waals surface area contributed by atoms with Crippen LogP contribution in [0, 0.1) is 54.3 Å². The van der Waals surface area contributed by atoms with Crippen molar-refractivity contribution in [2.45, 2.75) is 94.8 Å². The van der Waals surface area contributed by atoms with Gasteiger partial charge in [0.05, 0.1) is 17.9 Å². The van der Waals surface area contributed by atoms with Gasteiger partial charge < -0.3 is 30.9 Å². The highest BCUT2D eigenvalue weighted by atomic mass is 19.4. The van der Waals surface area contributed by atoms with E-state index in [9.17, 15) is 37.8 Å². The Morgan fingerprint density at radius 2 is 1.37 bits per heavy atom. The second-order valence-electron chi connectivity index (χ2n) is 19.1. The fraction of sp³-hybridized carbons (Fsp3) is 0.574. The summed E-state index contributed by atoms with van der Waals surface area (Å²) in [6.07, 6.45) is 5.77. The van der Waals surface area contributed by atoms with Gasteiger partial charge in [0, 0.05) is 17.7 Å². The number of rotatable bonds is 11. The smallest absolute Gasteiger partial charge is 0.419 e. The zero-order chi connectivity index (χ0) is 42.7. The van der Waals surface area contributed by atoms with Gasteiger partial charge in [-0.25, -0.2) is 9.78 Å². The molecule has 0 unspecified atom stereocenters. The van der Waals surface area contributed by atoms with E-state index in [1.807, 2.05) is 50.2 Å². The molecule has 0 radical (unpaired) electrons. The van der Waals surface area contributed by atoms with E-state index in [2.05, 4.69) is 5.32 Å². The third kappa shape index (κ3) is 7.69. The number of carbonyl (C=O) groups excluding carboxylic acids is 1. The zero-order valence-electron chi connectivity index (χ0n) is 34.6. The van der Waals surface area contributed by atoms with Crippen molar-refractivity contribution >= 4 is 17.8 Å². The molecule has 1 amide bonds. The minimum Gasteiger partial charge on any atom is -0.493 e. The van der Waals surface area contributed by atoms with E-state index < -0.39 is 40.7 Å². The highest BCUT2D eigenvalue weighted by molar-refractivity contribution is 5.98. The van der Waals surface area contributed by atoms with Crippen molar-refractivity contribution in [3.05, 3.63) is 71.4 Å². The Kier molecular flexibility index (Phi) is 11.3. The summed E-state index contributed by atoms with van der Waals surface area (Å²) in [6, 6.07) is 14.5. The molecule has 8 bridgehead atoms. The number of aromatic nitrogens is 1. The number of nitrogens with zero attached hydrogens (tertiary/aromatic N) is 2. The second kappa shape index (κ2) is 16.1. The molecule has 0 aliphatic heterocycles. The standard InChI is InChI=1S/C36H40F3N3O4.C11H17NO2/c1-21-7-4-5-8-27(21)28-10-12-30(33(43)41-35(34(44)45)25-16-22-15-23(18-25)19-26(35)17-22)40-32(28)24-9-11-29(36(37,38)39)31(20-24)46-14-6-13-42(2)3;12-11(10(13)14)8-2-6-1-7(4-8)5-9(11)3-6/h4-5,7-12,20,22-23,25-26H,6,13-19H2,1-3H3,(H,41,43)(H,44,45);6-9H,1-5,12H2,(H,13,14). The Balaban J connectivity index is 0.000000297. The largest absolute Gasteiger partial charge is 0.493 e. The van der Waals surface area contributed by atoms with E-state index in [4.69, 9.17) is 15.5 Å². The molecule has 0 saturated heterocycles. The molecule has 1 heterocycles. The molecule has 3 aromatic rings. The summed E-state index contributed by atoms with van der Waals surface area (Å²) in [6.45, 7) is 2.67. The molecule has 8 aliphatic rings. The first-order valence-corrected chi connectivity index (χ1v) is 21.6. The molecule has 0 atom stereocenters. The molecule has 2 aromatic carbocycles. The summed E-state index contributed by atoms with van der Waals surface area (Å²) < 4.78 is 47.8. The lowest BCUT2D eigenvalue weighted by molar-refractivity contribution is -0.163. The minimum absolute atomic E-state index is 0.00937. The van der Waals surface area contributed by atoms with Crippen molar-refractivity contribution in [3.63, 3.8) is 0 Å². The maximum atomic E-state index is 14.0. The van der Waals surface area contributed by atoms with Gasteiger partial charge >= 0.3 is 18.1 Å². The lowest BCUT2D eigenvalue weighted by Gasteiger charge is -2.59. The number of amides is 1. The number of carbonyl (C=O) groups is 3. The van der Waals surface area contributed by atoms with Crippen LogP contribution in [0.15, 0.2) is 54.6 Å². The number of carboxylic acids is 2. The van der Waals surface area contributed by atoms with Gasteiger partial charge in [-0.1, -0.05) is 30.3 Å². The van der Waals surface area contributed by atoms with Crippen LogP contribution in [0.25, 0.3) is 22.4 Å². The second-order valence-corrected chi connectivity index (χ2v) is 19.1. The van der Waals surface area contributed by atoms with Gasteiger partial charge in [-0.05, 0) is 174 Å². The Morgan fingerprint density at radius 1 is 0.800 bits per heavy atom. The van der Waals surface area contributed by atoms with Gasteiger partial charge in [-0.3, -0.25) is 9.59 Å². The third-order valence-corrected chi connectivity index (χ3v) is 15.1. The average molecular weight is 831 g/mol. The van der Waals surface area contributed by atoms with Crippen LogP contribution in [0.5, 0.6) is 5.75 Å². The fourth-order valence-corrected chi connectivity index (χ4v) is 12.6.